The van der Waals surface area contributed by atoms with Crippen LogP contribution in [0.2, 0.25) is 5.02 Å². The molecule has 2 aromatic rings. The molecule has 1 amide bonds. The van der Waals surface area contributed by atoms with Crippen molar-refractivity contribution in [1.82, 2.24) is 20.4 Å². The Morgan fingerprint density at radius 2 is 1.98 bits per heavy atom. The van der Waals surface area contributed by atoms with Gasteiger partial charge in [-0.15, -0.1) is 0 Å². The molecule has 0 radical (unpaired) electrons. The highest BCUT2D eigenvalue weighted by Crippen LogP contribution is 2.45. The molecule has 1 aromatic carbocycles. The molecule has 4 rings (SSSR count). The van der Waals surface area contributed by atoms with Crippen LogP contribution in [0.1, 0.15) is 68.9 Å². The van der Waals surface area contributed by atoms with Crippen LogP contribution < -0.4 is 10.6 Å². The van der Waals surface area contributed by atoms with Gasteiger partial charge in [0.05, 0.1) is 23.6 Å². The molecule has 1 aromatic heterocycles. The van der Waals surface area contributed by atoms with Gasteiger partial charge in [0.15, 0.2) is 5.69 Å². The van der Waals surface area contributed by atoms with Gasteiger partial charge in [0, 0.05) is 30.6 Å². The fourth-order valence-electron chi connectivity index (χ4n) is 5.79. The molecule has 41 heavy (non-hydrogen) atoms. The van der Waals surface area contributed by atoms with E-state index in [1.807, 2.05) is 0 Å². The van der Waals surface area contributed by atoms with Crippen molar-refractivity contribution in [3.63, 3.8) is 0 Å². The molecule has 5 unspecified atom stereocenters. The lowest BCUT2D eigenvalue weighted by molar-refractivity contribution is -0.143. The van der Waals surface area contributed by atoms with Gasteiger partial charge in [0.2, 0.25) is 0 Å². The molecule has 2 N–H and O–H groups in total. The Kier molecular flexibility index (Phi) is 10.4. The van der Waals surface area contributed by atoms with Crippen LogP contribution in [0.15, 0.2) is 53.8 Å². The minimum Gasteiger partial charge on any atom is -0.377 e. The van der Waals surface area contributed by atoms with E-state index < -0.39 is 23.3 Å². The molecule has 1 heterocycles. The molecule has 2 aliphatic carbocycles. The number of halogens is 4. The number of methoxy groups -OCH3 is 1. The summed E-state index contributed by atoms with van der Waals surface area (Å²) in [5.74, 6) is 0.637. The molecule has 10 heteroatoms. The van der Waals surface area contributed by atoms with Gasteiger partial charge in [0.1, 0.15) is 0 Å². The zero-order chi connectivity index (χ0) is 29.7. The number of carbonyl (C=O) groups is 1. The predicted molar refractivity (Wildman–Crippen MR) is 155 cm³/mol. The van der Waals surface area contributed by atoms with E-state index >= 15 is 0 Å². The average Bonchev–Trinajstić information content (AvgIpc) is 3.48. The van der Waals surface area contributed by atoms with Gasteiger partial charge in [-0.3, -0.25) is 4.79 Å². The van der Waals surface area contributed by atoms with Crippen molar-refractivity contribution in [3.8, 4) is 5.69 Å². The number of ether oxygens (including phenoxy) is 1. The molecule has 0 spiro atoms. The number of nitrogens with zero attached hydrogens (tertiary/aromatic N) is 2. The van der Waals surface area contributed by atoms with Crippen molar-refractivity contribution in [2.24, 2.45) is 17.8 Å². The second-order valence-corrected chi connectivity index (χ2v) is 11.7. The SMILES string of the molecule is CCCC1CC1CC(CCNCC1=C(C)C(C)C(OC)C=C1)NC(=O)c1cnn(-c2ccc(Cl)cc2)c1C(F)(F)F. The number of amides is 1. The van der Waals surface area contributed by atoms with Crippen LogP contribution in [0.5, 0.6) is 0 Å². The van der Waals surface area contributed by atoms with Crippen LogP contribution in [0.3, 0.4) is 0 Å². The van der Waals surface area contributed by atoms with E-state index in [0.29, 0.717) is 36.4 Å². The Labute approximate surface area is 245 Å². The third-order valence-electron chi connectivity index (χ3n) is 8.43. The second kappa shape index (κ2) is 13.6. The first-order valence-electron chi connectivity index (χ1n) is 14.4. The Hall–Kier alpha value is -2.62. The van der Waals surface area contributed by atoms with E-state index in [9.17, 15) is 18.0 Å². The van der Waals surface area contributed by atoms with Crippen molar-refractivity contribution >= 4 is 17.5 Å². The van der Waals surface area contributed by atoms with Gasteiger partial charge in [-0.2, -0.15) is 18.3 Å². The zero-order valence-corrected chi connectivity index (χ0v) is 24.9. The predicted octanol–water partition coefficient (Wildman–Crippen LogP) is 6.99. The average molecular weight is 593 g/mol. The van der Waals surface area contributed by atoms with E-state index in [1.54, 1.807) is 7.11 Å². The van der Waals surface area contributed by atoms with Crippen LogP contribution >= 0.6 is 11.6 Å². The molecule has 0 aliphatic heterocycles. The Morgan fingerprint density at radius 1 is 1.24 bits per heavy atom. The van der Waals surface area contributed by atoms with Crippen LogP contribution in [0.4, 0.5) is 13.2 Å². The second-order valence-electron chi connectivity index (χ2n) is 11.3. The molecule has 0 bridgehead atoms. The third-order valence-corrected chi connectivity index (χ3v) is 8.68. The number of hydrogen-bond donors (Lipinski definition) is 2. The Morgan fingerprint density at radius 3 is 2.63 bits per heavy atom. The highest BCUT2D eigenvalue weighted by molar-refractivity contribution is 6.30. The number of carbonyl (C=O) groups excluding carboxylic acids is 1. The fourth-order valence-corrected chi connectivity index (χ4v) is 5.92. The van der Waals surface area contributed by atoms with Gasteiger partial charge in [-0.25, -0.2) is 4.68 Å². The summed E-state index contributed by atoms with van der Waals surface area (Å²) in [4.78, 5) is 13.3. The summed E-state index contributed by atoms with van der Waals surface area (Å²) >= 11 is 5.91. The summed E-state index contributed by atoms with van der Waals surface area (Å²) in [6, 6.07) is 5.60. The highest BCUT2D eigenvalue weighted by atomic mass is 35.5. The van der Waals surface area contributed by atoms with E-state index in [4.69, 9.17) is 16.3 Å². The molecule has 1 saturated carbocycles. The molecule has 1 fully saturated rings. The maximum atomic E-state index is 14.2. The first-order chi connectivity index (χ1) is 19.5. The van der Waals surface area contributed by atoms with Gasteiger partial charge in [0.25, 0.3) is 5.91 Å². The van der Waals surface area contributed by atoms with Gasteiger partial charge < -0.3 is 15.4 Å². The normalized spacial score (nSPS) is 23.1. The van der Waals surface area contributed by atoms with Crippen LogP contribution in [0, 0.1) is 17.8 Å². The monoisotopic (exact) mass is 592 g/mol. The number of hydrogen-bond acceptors (Lipinski definition) is 4. The lowest BCUT2D eigenvalue weighted by atomic mass is 9.87. The molecule has 0 saturated heterocycles. The number of nitrogens with one attached hydrogen (secondary N) is 2. The molecular formula is C31H40ClF3N4O2. The summed E-state index contributed by atoms with van der Waals surface area (Å²) in [7, 11) is 1.71. The van der Waals surface area contributed by atoms with Crippen LogP contribution in [0.25, 0.3) is 5.69 Å². The topological polar surface area (TPSA) is 68.2 Å². The minimum atomic E-state index is -4.78. The zero-order valence-electron chi connectivity index (χ0n) is 24.1. The molecule has 5 atom stereocenters. The quantitative estimate of drug-likeness (QED) is 0.246. The molecule has 224 valence electrons. The van der Waals surface area contributed by atoms with Crippen LogP contribution in [-0.2, 0) is 10.9 Å². The lowest BCUT2D eigenvalue weighted by Gasteiger charge is -2.27. The van der Waals surface area contributed by atoms with Crippen molar-refractivity contribution in [3.05, 3.63) is 70.0 Å². The van der Waals surface area contributed by atoms with E-state index in [0.717, 1.165) is 36.6 Å². The van der Waals surface area contributed by atoms with Gasteiger partial charge >= 0.3 is 6.18 Å². The number of alkyl halides is 3. The number of rotatable bonds is 13. The number of aromatic nitrogens is 2. The first kappa shape index (κ1) is 31.3. The maximum Gasteiger partial charge on any atom is 0.434 e. The summed E-state index contributed by atoms with van der Waals surface area (Å²) < 4.78 is 48.9. The molecule has 2 aliphatic rings. The van der Waals surface area contributed by atoms with E-state index in [1.165, 1.54) is 35.4 Å². The molecule has 6 nitrogen and oxygen atoms in total. The van der Waals surface area contributed by atoms with E-state index in [-0.39, 0.29) is 23.8 Å². The maximum absolute atomic E-state index is 14.2. The Balaban J connectivity index is 1.45. The van der Waals surface area contributed by atoms with Crippen molar-refractivity contribution in [2.45, 2.75) is 71.2 Å². The van der Waals surface area contributed by atoms with Gasteiger partial charge in [-0.05, 0) is 74.4 Å². The fraction of sp³-hybridized carbons (Fsp3) is 0.548. The highest BCUT2D eigenvalue weighted by Gasteiger charge is 2.42. The molecular weight excluding hydrogens is 553 g/mol. The largest absolute Gasteiger partial charge is 0.434 e. The van der Waals surface area contributed by atoms with Crippen molar-refractivity contribution in [2.75, 3.05) is 20.2 Å². The first-order valence-corrected chi connectivity index (χ1v) is 14.7. The summed E-state index contributed by atoms with van der Waals surface area (Å²) in [5.41, 5.74) is 1.07. The summed E-state index contributed by atoms with van der Waals surface area (Å²) in [5, 5.41) is 10.7. The summed E-state index contributed by atoms with van der Waals surface area (Å²) in [6.07, 6.45) is 5.15. The smallest absolute Gasteiger partial charge is 0.377 e. The third kappa shape index (κ3) is 7.81. The minimum absolute atomic E-state index is 0.0681. The van der Waals surface area contributed by atoms with Gasteiger partial charge in [-0.1, -0.05) is 56.0 Å². The van der Waals surface area contributed by atoms with Crippen LogP contribution in [-0.4, -0.2) is 48.0 Å². The lowest BCUT2D eigenvalue weighted by Crippen LogP contribution is -2.38. The summed E-state index contributed by atoms with van der Waals surface area (Å²) in [6.45, 7) is 7.72. The van der Waals surface area contributed by atoms with E-state index in [2.05, 4.69) is 48.7 Å². The standard InChI is InChI=1S/C31H40ClF3N4O2/c1-5-6-21-15-23(21)16-25(13-14-36-17-22-7-12-28(41-4)20(3)19(22)2)38-30(40)27-18-37-39(29(27)31(33,34)35)26-10-8-24(32)9-11-26/h7-12,18,20-21,23,25,28,36H,5-6,13-17H2,1-4H3,(H,38,40). The van der Waals surface area contributed by atoms with Crippen molar-refractivity contribution in [1.29, 1.82) is 0 Å². The number of benzene rings is 1. The Bertz CT molecular complexity index is 1260. The van der Waals surface area contributed by atoms with Crippen molar-refractivity contribution < 1.29 is 22.7 Å².